The van der Waals surface area contributed by atoms with Gasteiger partial charge in [-0.25, -0.2) is 9.36 Å². The van der Waals surface area contributed by atoms with Crippen molar-refractivity contribution in [1.29, 1.82) is 0 Å². The Hall–Kier alpha value is -1.88. The molecule has 6 heteroatoms. The molecular weight excluding hydrogens is 242 g/mol. The number of H-pyrrole nitrogens is 1. The SMILES string of the molecule is Cc1ccncc1-n1c(=O)[nH]c(Cl)c(C)c1=O. The lowest BCUT2D eigenvalue weighted by Gasteiger charge is -2.08. The van der Waals surface area contributed by atoms with E-state index < -0.39 is 11.2 Å². The lowest BCUT2D eigenvalue weighted by atomic mass is 10.2. The molecule has 0 aliphatic rings. The fourth-order valence-electron chi connectivity index (χ4n) is 1.51. The summed E-state index contributed by atoms with van der Waals surface area (Å²) in [6.45, 7) is 3.36. The van der Waals surface area contributed by atoms with Crippen LogP contribution >= 0.6 is 11.6 Å². The second kappa shape index (κ2) is 4.18. The molecule has 0 amide bonds. The van der Waals surface area contributed by atoms with Gasteiger partial charge in [-0.05, 0) is 25.5 Å². The van der Waals surface area contributed by atoms with Crippen molar-refractivity contribution < 1.29 is 0 Å². The van der Waals surface area contributed by atoms with Crippen LogP contribution in [0.3, 0.4) is 0 Å². The van der Waals surface area contributed by atoms with Crippen LogP contribution in [-0.4, -0.2) is 14.5 Å². The van der Waals surface area contributed by atoms with Gasteiger partial charge in [0.25, 0.3) is 5.56 Å². The Labute approximate surface area is 102 Å². The van der Waals surface area contributed by atoms with E-state index in [-0.39, 0.29) is 5.15 Å². The van der Waals surface area contributed by atoms with Crippen molar-refractivity contribution >= 4 is 11.6 Å². The highest BCUT2D eigenvalue weighted by atomic mass is 35.5. The van der Waals surface area contributed by atoms with E-state index >= 15 is 0 Å². The molecule has 1 N–H and O–H groups in total. The minimum atomic E-state index is -0.568. The summed E-state index contributed by atoms with van der Waals surface area (Å²) >= 11 is 5.73. The van der Waals surface area contributed by atoms with Crippen molar-refractivity contribution in [1.82, 2.24) is 14.5 Å². The normalized spacial score (nSPS) is 10.5. The molecule has 0 unspecified atom stereocenters. The van der Waals surface area contributed by atoms with Crippen molar-refractivity contribution in [2.75, 3.05) is 0 Å². The van der Waals surface area contributed by atoms with E-state index in [9.17, 15) is 9.59 Å². The zero-order valence-corrected chi connectivity index (χ0v) is 10.1. The first-order valence-corrected chi connectivity index (χ1v) is 5.32. The first-order valence-electron chi connectivity index (χ1n) is 4.95. The molecule has 17 heavy (non-hydrogen) atoms. The van der Waals surface area contributed by atoms with Crippen LogP contribution in [-0.2, 0) is 0 Å². The van der Waals surface area contributed by atoms with E-state index in [0.29, 0.717) is 11.3 Å². The molecule has 0 bridgehead atoms. The number of halogens is 1. The van der Waals surface area contributed by atoms with Crippen LogP contribution in [0.2, 0.25) is 5.15 Å². The number of hydrogen-bond acceptors (Lipinski definition) is 3. The molecule has 0 aliphatic carbocycles. The smallest absolute Gasteiger partial charge is 0.297 e. The predicted octanol–water partition coefficient (Wildman–Crippen LogP) is 1.19. The molecule has 0 fully saturated rings. The third-order valence-corrected chi connectivity index (χ3v) is 2.90. The molecule has 0 spiro atoms. The molecule has 0 saturated carbocycles. The summed E-state index contributed by atoms with van der Waals surface area (Å²) in [5.41, 5.74) is 0.541. The molecule has 5 nitrogen and oxygen atoms in total. The number of pyridine rings is 1. The van der Waals surface area contributed by atoms with Gasteiger partial charge in [-0.2, -0.15) is 0 Å². The van der Waals surface area contributed by atoms with E-state index in [1.807, 2.05) is 0 Å². The van der Waals surface area contributed by atoms with Crippen LogP contribution in [0.1, 0.15) is 11.1 Å². The standard InChI is InChI=1S/C11H10ClN3O2/c1-6-3-4-13-5-8(6)15-10(16)7(2)9(12)14-11(15)17/h3-5H,1-2H3,(H,14,17). The molecule has 2 aromatic rings. The highest BCUT2D eigenvalue weighted by molar-refractivity contribution is 6.30. The summed E-state index contributed by atoms with van der Waals surface area (Å²) in [6, 6.07) is 1.73. The maximum Gasteiger partial charge on any atom is 0.334 e. The van der Waals surface area contributed by atoms with Gasteiger partial charge >= 0.3 is 5.69 Å². The summed E-state index contributed by atoms with van der Waals surface area (Å²) in [6.07, 6.45) is 3.07. The molecule has 0 aliphatic heterocycles. The first kappa shape index (κ1) is 11.6. The molecule has 88 valence electrons. The summed E-state index contributed by atoms with van der Waals surface area (Å²) in [5.74, 6) is 0. The van der Waals surface area contributed by atoms with Crippen molar-refractivity contribution in [3.05, 3.63) is 55.6 Å². The topological polar surface area (TPSA) is 67.8 Å². The Morgan fingerprint density at radius 1 is 1.35 bits per heavy atom. The lowest BCUT2D eigenvalue weighted by Crippen LogP contribution is -2.35. The van der Waals surface area contributed by atoms with Crippen molar-refractivity contribution in [3.63, 3.8) is 0 Å². The number of rotatable bonds is 1. The van der Waals surface area contributed by atoms with Crippen LogP contribution < -0.4 is 11.2 Å². The largest absolute Gasteiger partial charge is 0.334 e. The average Bonchev–Trinajstić information content (AvgIpc) is 2.29. The van der Waals surface area contributed by atoms with E-state index in [1.54, 1.807) is 26.1 Å². The number of aromatic amines is 1. The van der Waals surface area contributed by atoms with Crippen LogP contribution in [0, 0.1) is 13.8 Å². The second-order valence-electron chi connectivity index (χ2n) is 3.67. The third-order valence-electron chi connectivity index (χ3n) is 2.53. The molecule has 0 radical (unpaired) electrons. The minimum absolute atomic E-state index is 0.0674. The van der Waals surface area contributed by atoms with E-state index in [4.69, 9.17) is 11.6 Å². The van der Waals surface area contributed by atoms with Gasteiger partial charge in [-0.15, -0.1) is 0 Å². The molecular formula is C11H10ClN3O2. The maximum absolute atomic E-state index is 12.0. The average molecular weight is 252 g/mol. The quantitative estimate of drug-likeness (QED) is 0.774. The summed E-state index contributed by atoms with van der Waals surface area (Å²) in [7, 11) is 0. The van der Waals surface area contributed by atoms with Crippen LogP contribution in [0.5, 0.6) is 0 Å². The van der Waals surface area contributed by atoms with E-state index in [1.165, 1.54) is 6.20 Å². The summed E-state index contributed by atoms with van der Waals surface area (Å²) in [5, 5.41) is 0.0674. The Bertz CT molecular complexity index is 688. The fourth-order valence-corrected chi connectivity index (χ4v) is 1.67. The number of aryl methyl sites for hydroxylation is 1. The van der Waals surface area contributed by atoms with Gasteiger partial charge in [0.15, 0.2) is 0 Å². The second-order valence-corrected chi connectivity index (χ2v) is 4.05. The Kier molecular flexibility index (Phi) is 2.85. The van der Waals surface area contributed by atoms with Crippen molar-refractivity contribution in [2.24, 2.45) is 0 Å². The third kappa shape index (κ3) is 1.89. The fraction of sp³-hybridized carbons (Fsp3) is 0.182. The maximum atomic E-state index is 12.0. The van der Waals surface area contributed by atoms with Gasteiger partial charge in [0.2, 0.25) is 0 Å². The molecule has 2 rings (SSSR count). The summed E-state index contributed by atoms with van der Waals surface area (Å²) in [4.78, 5) is 30.1. The zero-order chi connectivity index (χ0) is 12.6. The Morgan fingerprint density at radius 3 is 2.71 bits per heavy atom. The van der Waals surface area contributed by atoms with Crippen molar-refractivity contribution in [2.45, 2.75) is 13.8 Å². The van der Waals surface area contributed by atoms with Crippen LogP contribution in [0.15, 0.2) is 28.0 Å². The molecule has 0 saturated heterocycles. The highest BCUT2D eigenvalue weighted by Gasteiger charge is 2.12. The molecule has 0 atom stereocenters. The number of nitrogens with zero attached hydrogens (tertiary/aromatic N) is 2. The monoisotopic (exact) mass is 251 g/mol. The van der Waals surface area contributed by atoms with Gasteiger partial charge < -0.3 is 0 Å². The van der Waals surface area contributed by atoms with Crippen LogP contribution in [0.25, 0.3) is 5.69 Å². The van der Waals surface area contributed by atoms with Gasteiger partial charge in [0.1, 0.15) is 5.15 Å². The Morgan fingerprint density at radius 2 is 2.06 bits per heavy atom. The van der Waals surface area contributed by atoms with E-state index in [2.05, 4.69) is 9.97 Å². The van der Waals surface area contributed by atoms with Crippen molar-refractivity contribution in [3.8, 4) is 5.69 Å². The first-order chi connectivity index (χ1) is 8.02. The number of nitrogens with one attached hydrogen (secondary N) is 1. The highest BCUT2D eigenvalue weighted by Crippen LogP contribution is 2.09. The van der Waals surface area contributed by atoms with Crippen LogP contribution in [0.4, 0.5) is 0 Å². The Balaban J connectivity index is 2.87. The molecule has 2 aromatic heterocycles. The van der Waals surface area contributed by atoms with Gasteiger partial charge in [0.05, 0.1) is 17.4 Å². The van der Waals surface area contributed by atoms with E-state index in [0.717, 1.165) is 10.1 Å². The van der Waals surface area contributed by atoms with Gasteiger partial charge in [-0.3, -0.25) is 14.8 Å². The lowest BCUT2D eigenvalue weighted by molar-refractivity contribution is 0.848. The molecule has 2 heterocycles. The zero-order valence-electron chi connectivity index (χ0n) is 9.32. The number of hydrogen-bond donors (Lipinski definition) is 1. The minimum Gasteiger partial charge on any atom is -0.297 e. The van der Waals surface area contributed by atoms with Gasteiger partial charge in [0, 0.05) is 6.20 Å². The predicted molar refractivity (Wildman–Crippen MR) is 64.9 cm³/mol. The summed E-state index contributed by atoms with van der Waals surface area (Å²) < 4.78 is 1.03. The number of aromatic nitrogens is 3. The van der Waals surface area contributed by atoms with Gasteiger partial charge in [-0.1, -0.05) is 11.6 Å². The molecule has 0 aromatic carbocycles.